The normalized spacial score (nSPS) is 20.6. The van der Waals surface area contributed by atoms with Gasteiger partial charge < -0.3 is 10.2 Å². The number of piperazine rings is 1. The molecule has 33 heavy (non-hydrogen) atoms. The summed E-state index contributed by atoms with van der Waals surface area (Å²) in [4.78, 5) is 25.4. The van der Waals surface area contributed by atoms with Gasteiger partial charge in [0, 0.05) is 51.5 Å². The lowest BCUT2D eigenvalue weighted by molar-refractivity contribution is 0.0958. The molecule has 0 spiro atoms. The van der Waals surface area contributed by atoms with Gasteiger partial charge in [0.15, 0.2) is 0 Å². The quantitative estimate of drug-likeness (QED) is 0.528. The Labute approximate surface area is 195 Å². The summed E-state index contributed by atoms with van der Waals surface area (Å²) in [5.74, 6) is 0.136. The number of hydrogen-bond acceptors (Lipinski definition) is 7. The number of amides is 1. The Morgan fingerprint density at radius 2 is 1.91 bits per heavy atom. The van der Waals surface area contributed by atoms with E-state index >= 15 is 0 Å². The lowest BCUT2D eigenvalue weighted by Gasteiger charge is -2.42. The highest BCUT2D eigenvalue weighted by molar-refractivity contribution is 7.90. The zero-order valence-corrected chi connectivity index (χ0v) is 20.0. The van der Waals surface area contributed by atoms with Gasteiger partial charge in [-0.05, 0) is 49.6 Å². The van der Waals surface area contributed by atoms with Gasteiger partial charge in [-0.1, -0.05) is 6.92 Å². The molecular formula is C22H31N7O3S. The van der Waals surface area contributed by atoms with E-state index in [0.717, 1.165) is 49.4 Å². The van der Waals surface area contributed by atoms with Crippen molar-refractivity contribution >= 4 is 27.6 Å². The first-order valence-electron chi connectivity index (χ1n) is 11.2. The van der Waals surface area contributed by atoms with Gasteiger partial charge in [0.05, 0.1) is 11.4 Å². The molecule has 3 N–H and O–H groups in total. The first kappa shape index (κ1) is 23.4. The third-order valence-electron chi connectivity index (χ3n) is 6.25. The van der Waals surface area contributed by atoms with E-state index in [1.165, 1.54) is 0 Å². The summed E-state index contributed by atoms with van der Waals surface area (Å²) in [5.41, 5.74) is 3.38. The molecule has 2 atom stereocenters. The van der Waals surface area contributed by atoms with Crippen molar-refractivity contribution in [2.75, 3.05) is 36.3 Å². The molecule has 2 fully saturated rings. The Morgan fingerprint density at radius 1 is 1.18 bits per heavy atom. The summed E-state index contributed by atoms with van der Waals surface area (Å²) in [6.45, 7) is 6.52. The minimum Gasteiger partial charge on any atom is -0.367 e. The van der Waals surface area contributed by atoms with Crippen LogP contribution in [-0.2, 0) is 16.8 Å². The maximum absolute atomic E-state index is 12.0. The third-order valence-corrected chi connectivity index (χ3v) is 7.40. The van der Waals surface area contributed by atoms with E-state index in [1.54, 1.807) is 32.3 Å². The number of nitrogens with zero attached hydrogens (tertiary/aromatic N) is 4. The lowest BCUT2D eigenvalue weighted by Crippen LogP contribution is -2.53. The van der Waals surface area contributed by atoms with Crippen LogP contribution in [0.2, 0.25) is 0 Å². The highest BCUT2D eigenvalue weighted by Gasteiger charge is 2.40. The monoisotopic (exact) mass is 473 g/mol. The Hall–Kier alpha value is -2.76. The summed E-state index contributed by atoms with van der Waals surface area (Å²) in [5, 5.41) is 2.62. The number of aryl methyl sites for hydroxylation is 1. The average Bonchev–Trinajstić information content (AvgIpc) is 3.00. The number of rotatable bonds is 8. The first-order chi connectivity index (χ1) is 15.8. The zero-order valence-electron chi connectivity index (χ0n) is 19.2. The molecule has 1 amide bonds. The number of carbonyl (C=O) groups is 1. The summed E-state index contributed by atoms with van der Waals surface area (Å²) in [6, 6.07) is 8.30. The smallest absolute Gasteiger partial charge is 0.300 e. The van der Waals surface area contributed by atoms with Crippen LogP contribution in [0, 0.1) is 6.92 Å². The molecule has 11 heteroatoms. The predicted octanol–water partition coefficient (Wildman–Crippen LogP) is 1.26. The van der Waals surface area contributed by atoms with Crippen LogP contribution in [0.1, 0.15) is 41.5 Å². The van der Waals surface area contributed by atoms with E-state index in [1.807, 2.05) is 19.1 Å². The molecule has 2 unspecified atom stereocenters. The molecule has 10 nitrogen and oxygen atoms in total. The van der Waals surface area contributed by atoms with Crippen LogP contribution in [0.5, 0.6) is 0 Å². The van der Waals surface area contributed by atoms with E-state index < -0.39 is 10.2 Å². The van der Waals surface area contributed by atoms with Gasteiger partial charge in [0.2, 0.25) is 0 Å². The number of anilines is 2. The van der Waals surface area contributed by atoms with Crippen LogP contribution in [0.25, 0.3) is 0 Å². The van der Waals surface area contributed by atoms with E-state index in [2.05, 4.69) is 34.5 Å². The van der Waals surface area contributed by atoms with Crippen LogP contribution in [0.15, 0.2) is 30.5 Å². The fourth-order valence-electron chi connectivity index (χ4n) is 4.79. The third kappa shape index (κ3) is 5.26. The van der Waals surface area contributed by atoms with Crippen LogP contribution in [0.4, 0.5) is 11.5 Å². The number of aromatic nitrogens is 2. The van der Waals surface area contributed by atoms with Gasteiger partial charge in [0.25, 0.3) is 16.1 Å². The predicted molar refractivity (Wildman–Crippen MR) is 127 cm³/mol. The van der Waals surface area contributed by atoms with Gasteiger partial charge in [-0.15, -0.1) is 0 Å². The van der Waals surface area contributed by atoms with Crippen LogP contribution in [0.3, 0.4) is 0 Å². The van der Waals surface area contributed by atoms with Crippen molar-refractivity contribution in [3.05, 3.63) is 47.4 Å². The second-order valence-electron chi connectivity index (χ2n) is 8.50. The fourth-order valence-corrected chi connectivity index (χ4v) is 5.63. The van der Waals surface area contributed by atoms with Gasteiger partial charge in [-0.2, -0.15) is 13.1 Å². The minimum absolute atomic E-state index is 0.181. The van der Waals surface area contributed by atoms with Crippen LogP contribution >= 0.6 is 0 Å². The summed E-state index contributed by atoms with van der Waals surface area (Å²) < 4.78 is 28.9. The molecule has 0 aromatic carbocycles. The van der Waals surface area contributed by atoms with Gasteiger partial charge in [0.1, 0.15) is 11.5 Å². The van der Waals surface area contributed by atoms with E-state index in [-0.39, 0.29) is 5.91 Å². The van der Waals surface area contributed by atoms with Crippen molar-refractivity contribution in [2.45, 2.75) is 45.3 Å². The largest absolute Gasteiger partial charge is 0.367 e. The number of pyridine rings is 2. The Morgan fingerprint density at radius 3 is 2.55 bits per heavy atom. The standard InChI is InChI=1S/C22H31N7O3S/c1-4-25-33(31,32)27-21-11-16(9-10-24-21)12-29-17-5-6-18(29)14-28(13-17)20-8-7-19(22(30)23-3)26-15(20)2/h7-11,17-18,25H,4-6,12-14H2,1-3H3,(H,23,30)(H,24,27). The molecule has 178 valence electrons. The SMILES string of the molecule is CCNS(=O)(=O)Nc1cc(CN2C3CCC2CN(c2ccc(C(=O)NC)nc2C)C3)ccn1. The molecular weight excluding hydrogens is 442 g/mol. The van der Waals surface area contributed by atoms with Crippen molar-refractivity contribution in [3.8, 4) is 0 Å². The van der Waals surface area contributed by atoms with Crippen molar-refractivity contribution in [1.29, 1.82) is 0 Å². The van der Waals surface area contributed by atoms with Crippen LogP contribution < -0.4 is 19.7 Å². The van der Waals surface area contributed by atoms with Gasteiger partial charge in [-0.3, -0.25) is 14.4 Å². The average molecular weight is 474 g/mol. The number of nitrogens with one attached hydrogen (secondary N) is 3. The van der Waals surface area contributed by atoms with Crippen molar-refractivity contribution in [3.63, 3.8) is 0 Å². The van der Waals surface area contributed by atoms with Crippen LogP contribution in [-0.4, -0.2) is 68.0 Å². The molecule has 0 aliphatic carbocycles. The molecule has 2 aliphatic rings. The molecule has 2 aromatic heterocycles. The van der Waals surface area contributed by atoms with Crippen molar-refractivity contribution < 1.29 is 13.2 Å². The fraction of sp³-hybridized carbons (Fsp3) is 0.500. The van der Waals surface area contributed by atoms with Crippen molar-refractivity contribution in [2.24, 2.45) is 0 Å². The molecule has 2 saturated heterocycles. The van der Waals surface area contributed by atoms with Gasteiger partial charge in [-0.25, -0.2) is 9.97 Å². The molecule has 2 bridgehead atoms. The maximum atomic E-state index is 12.0. The van der Waals surface area contributed by atoms with Crippen molar-refractivity contribution in [1.82, 2.24) is 24.9 Å². The molecule has 2 aromatic rings. The topological polar surface area (TPSA) is 120 Å². The second kappa shape index (κ2) is 9.62. The summed E-state index contributed by atoms with van der Waals surface area (Å²) in [7, 11) is -2.01. The zero-order chi connectivity index (χ0) is 23.6. The molecule has 0 saturated carbocycles. The molecule has 0 radical (unpaired) electrons. The van der Waals surface area contributed by atoms with Gasteiger partial charge >= 0.3 is 0 Å². The molecule has 2 aliphatic heterocycles. The number of carbonyl (C=O) groups excluding carboxylic acids is 1. The molecule has 4 rings (SSSR count). The maximum Gasteiger partial charge on any atom is 0.300 e. The highest BCUT2D eigenvalue weighted by atomic mass is 32.2. The Kier molecular flexibility index (Phi) is 6.82. The Bertz CT molecular complexity index is 1110. The number of hydrogen-bond donors (Lipinski definition) is 3. The highest BCUT2D eigenvalue weighted by Crippen LogP contribution is 2.34. The summed E-state index contributed by atoms with van der Waals surface area (Å²) in [6.07, 6.45) is 3.88. The van der Waals surface area contributed by atoms with E-state index in [0.29, 0.717) is 30.1 Å². The van der Waals surface area contributed by atoms with E-state index in [4.69, 9.17) is 0 Å². The second-order valence-corrected chi connectivity index (χ2v) is 9.99. The Balaban J connectivity index is 1.44. The summed E-state index contributed by atoms with van der Waals surface area (Å²) >= 11 is 0. The number of fused-ring (bicyclic) bond motifs is 2. The minimum atomic E-state index is -3.61. The first-order valence-corrected chi connectivity index (χ1v) is 12.7. The van der Waals surface area contributed by atoms with E-state index in [9.17, 15) is 13.2 Å². The lowest BCUT2D eigenvalue weighted by atomic mass is 10.1. The molecule has 4 heterocycles.